The quantitative estimate of drug-likeness (QED) is 0.176. The molecule has 0 aliphatic rings. The zero-order valence-corrected chi connectivity index (χ0v) is 20.4. The van der Waals surface area contributed by atoms with Gasteiger partial charge in [-0.25, -0.2) is 13.2 Å². The van der Waals surface area contributed by atoms with Crippen LogP contribution in [0, 0.1) is 17.5 Å². The number of halogens is 3. The zero-order chi connectivity index (χ0) is 26.4. The Morgan fingerprint density at radius 3 is 2.14 bits per heavy atom. The SMILES string of the molecule is C=CCCOc1ccc(-c2ccc(OCc3ccc(-c4ccc(C(C)O)cc4)c(F)c3F)cc2)cc1F. The van der Waals surface area contributed by atoms with Crippen LogP contribution in [0.25, 0.3) is 22.3 Å². The molecular weight excluding hydrogens is 477 g/mol. The molecule has 0 spiro atoms. The van der Waals surface area contributed by atoms with E-state index < -0.39 is 23.6 Å². The Kier molecular flexibility index (Phi) is 8.31. The van der Waals surface area contributed by atoms with Gasteiger partial charge in [0.25, 0.3) is 0 Å². The molecule has 0 radical (unpaired) electrons. The lowest BCUT2D eigenvalue weighted by molar-refractivity contribution is 0.199. The molecule has 0 aromatic heterocycles. The largest absolute Gasteiger partial charge is 0.490 e. The topological polar surface area (TPSA) is 38.7 Å². The van der Waals surface area contributed by atoms with E-state index in [0.29, 0.717) is 35.5 Å². The van der Waals surface area contributed by atoms with Crippen LogP contribution in [0.1, 0.15) is 30.6 Å². The number of hydrogen-bond donors (Lipinski definition) is 1. The third kappa shape index (κ3) is 6.22. The standard InChI is InChI=1S/C31H27F3O3/c1-3-4-17-36-29-16-12-24(18-28(29)32)22-9-13-26(14-10-22)37-19-25-11-15-27(31(34)30(25)33)23-7-5-21(6-8-23)20(2)35/h3,5-16,18,20,35H,1,4,17,19H2,2H3. The summed E-state index contributed by atoms with van der Waals surface area (Å²) in [6, 6.07) is 21.3. The first-order valence-electron chi connectivity index (χ1n) is 11.9. The minimum absolute atomic E-state index is 0.0834. The van der Waals surface area contributed by atoms with Gasteiger partial charge in [0.15, 0.2) is 23.2 Å². The first-order chi connectivity index (χ1) is 17.9. The average Bonchev–Trinajstić information content (AvgIpc) is 2.91. The molecule has 0 heterocycles. The number of aliphatic hydroxyl groups excluding tert-OH is 1. The van der Waals surface area contributed by atoms with Gasteiger partial charge >= 0.3 is 0 Å². The van der Waals surface area contributed by atoms with Crippen molar-refractivity contribution < 1.29 is 27.8 Å². The second-order valence-corrected chi connectivity index (χ2v) is 8.58. The summed E-state index contributed by atoms with van der Waals surface area (Å²) in [5.41, 5.74) is 2.86. The van der Waals surface area contributed by atoms with Crippen LogP contribution in [0.2, 0.25) is 0 Å². The lowest BCUT2D eigenvalue weighted by atomic mass is 10.00. The van der Waals surface area contributed by atoms with E-state index in [1.807, 2.05) is 0 Å². The van der Waals surface area contributed by atoms with Gasteiger partial charge in [0.05, 0.1) is 12.7 Å². The number of ether oxygens (including phenoxy) is 2. The summed E-state index contributed by atoms with van der Waals surface area (Å²) < 4.78 is 55.0. The summed E-state index contributed by atoms with van der Waals surface area (Å²) in [7, 11) is 0. The fraction of sp³-hybridized carbons (Fsp3) is 0.161. The summed E-state index contributed by atoms with van der Waals surface area (Å²) in [4.78, 5) is 0. The summed E-state index contributed by atoms with van der Waals surface area (Å²) in [6.45, 7) is 5.44. The van der Waals surface area contributed by atoms with E-state index >= 15 is 0 Å². The highest BCUT2D eigenvalue weighted by atomic mass is 19.2. The van der Waals surface area contributed by atoms with Crippen LogP contribution in [0.5, 0.6) is 11.5 Å². The van der Waals surface area contributed by atoms with Gasteiger partial charge in [-0.15, -0.1) is 6.58 Å². The normalized spacial score (nSPS) is 11.7. The van der Waals surface area contributed by atoms with Crippen molar-refractivity contribution in [3.8, 4) is 33.8 Å². The van der Waals surface area contributed by atoms with E-state index in [2.05, 4.69) is 6.58 Å². The van der Waals surface area contributed by atoms with Crippen LogP contribution in [0.3, 0.4) is 0 Å². The third-order valence-corrected chi connectivity index (χ3v) is 5.96. The van der Waals surface area contributed by atoms with Gasteiger partial charge in [0, 0.05) is 11.1 Å². The monoisotopic (exact) mass is 504 g/mol. The van der Waals surface area contributed by atoms with Crippen LogP contribution in [-0.4, -0.2) is 11.7 Å². The smallest absolute Gasteiger partial charge is 0.167 e. The highest BCUT2D eigenvalue weighted by Crippen LogP contribution is 2.30. The minimum atomic E-state index is -0.973. The van der Waals surface area contributed by atoms with Crippen LogP contribution < -0.4 is 9.47 Å². The van der Waals surface area contributed by atoms with E-state index in [4.69, 9.17) is 9.47 Å². The van der Waals surface area contributed by atoms with Gasteiger partial charge in [0.2, 0.25) is 0 Å². The van der Waals surface area contributed by atoms with Gasteiger partial charge in [-0.05, 0) is 59.9 Å². The molecule has 6 heteroatoms. The molecule has 190 valence electrons. The Hall–Kier alpha value is -4.03. The molecule has 1 atom stereocenters. The van der Waals surface area contributed by atoms with Gasteiger partial charge in [0.1, 0.15) is 12.4 Å². The molecule has 0 aliphatic carbocycles. The predicted molar refractivity (Wildman–Crippen MR) is 139 cm³/mol. The molecule has 1 N–H and O–H groups in total. The fourth-order valence-electron chi connectivity index (χ4n) is 3.82. The Labute approximate surface area is 214 Å². The fourth-order valence-corrected chi connectivity index (χ4v) is 3.82. The molecule has 37 heavy (non-hydrogen) atoms. The highest BCUT2D eigenvalue weighted by molar-refractivity contribution is 5.66. The highest BCUT2D eigenvalue weighted by Gasteiger charge is 2.16. The van der Waals surface area contributed by atoms with Gasteiger partial charge in [-0.3, -0.25) is 0 Å². The van der Waals surface area contributed by atoms with Gasteiger partial charge in [-0.1, -0.05) is 60.7 Å². The molecule has 0 aliphatic heterocycles. The molecule has 0 amide bonds. The Bertz CT molecular complexity index is 1360. The number of rotatable bonds is 10. The van der Waals surface area contributed by atoms with Crippen molar-refractivity contribution in [3.63, 3.8) is 0 Å². The third-order valence-electron chi connectivity index (χ3n) is 5.96. The second kappa shape index (κ2) is 11.8. The van der Waals surface area contributed by atoms with Crippen LogP contribution >= 0.6 is 0 Å². The lowest BCUT2D eigenvalue weighted by Crippen LogP contribution is -2.02. The van der Waals surface area contributed by atoms with Crippen molar-refractivity contribution in [1.82, 2.24) is 0 Å². The molecule has 4 aromatic rings. The van der Waals surface area contributed by atoms with Crippen molar-refractivity contribution >= 4 is 0 Å². The molecule has 0 saturated heterocycles. The summed E-state index contributed by atoms with van der Waals surface area (Å²) in [6.07, 6.45) is 1.69. The molecule has 0 fully saturated rings. The summed E-state index contributed by atoms with van der Waals surface area (Å²) in [5.74, 6) is -1.74. The van der Waals surface area contributed by atoms with Crippen LogP contribution in [-0.2, 0) is 6.61 Å². The van der Waals surface area contributed by atoms with Crippen LogP contribution in [0.15, 0.2) is 91.5 Å². The Morgan fingerprint density at radius 2 is 1.49 bits per heavy atom. The van der Waals surface area contributed by atoms with Crippen molar-refractivity contribution in [2.75, 3.05) is 6.61 Å². The maximum absolute atomic E-state index is 14.8. The van der Waals surface area contributed by atoms with Crippen molar-refractivity contribution in [3.05, 3.63) is 120 Å². The summed E-state index contributed by atoms with van der Waals surface area (Å²) >= 11 is 0. The molecule has 0 saturated carbocycles. The molecular formula is C31H27F3O3. The van der Waals surface area contributed by atoms with E-state index in [9.17, 15) is 18.3 Å². The summed E-state index contributed by atoms with van der Waals surface area (Å²) in [5, 5.41) is 9.63. The predicted octanol–water partition coefficient (Wildman–Crippen LogP) is 8.03. The van der Waals surface area contributed by atoms with Gasteiger partial charge < -0.3 is 14.6 Å². The second-order valence-electron chi connectivity index (χ2n) is 8.58. The first kappa shape index (κ1) is 26.0. The van der Waals surface area contributed by atoms with E-state index in [1.165, 1.54) is 18.2 Å². The molecule has 0 bridgehead atoms. The van der Waals surface area contributed by atoms with Crippen molar-refractivity contribution in [2.45, 2.75) is 26.1 Å². The van der Waals surface area contributed by atoms with Crippen molar-refractivity contribution in [1.29, 1.82) is 0 Å². The Morgan fingerprint density at radius 1 is 0.811 bits per heavy atom. The molecule has 4 rings (SSSR count). The van der Waals surface area contributed by atoms with E-state index in [0.717, 1.165) is 5.56 Å². The minimum Gasteiger partial charge on any atom is -0.490 e. The number of hydrogen-bond acceptors (Lipinski definition) is 3. The molecule has 4 aromatic carbocycles. The van der Waals surface area contributed by atoms with Crippen LogP contribution in [0.4, 0.5) is 13.2 Å². The molecule has 1 unspecified atom stereocenters. The lowest BCUT2D eigenvalue weighted by Gasteiger charge is -2.12. The van der Waals surface area contributed by atoms with E-state index in [-0.39, 0.29) is 23.5 Å². The number of aliphatic hydroxyl groups is 1. The van der Waals surface area contributed by atoms with Crippen molar-refractivity contribution in [2.24, 2.45) is 0 Å². The van der Waals surface area contributed by atoms with E-state index in [1.54, 1.807) is 73.7 Å². The maximum atomic E-state index is 14.8. The average molecular weight is 505 g/mol. The zero-order valence-electron chi connectivity index (χ0n) is 20.4. The van der Waals surface area contributed by atoms with Gasteiger partial charge in [-0.2, -0.15) is 0 Å². The Balaban J connectivity index is 1.42. The number of benzene rings is 4. The molecule has 3 nitrogen and oxygen atoms in total. The first-order valence-corrected chi connectivity index (χ1v) is 11.9. The maximum Gasteiger partial charge on any atom is 0.167 e.